The fraction of sp³-hybridized carbons (Fsp3) is 0.214. The Labute approximate surface area is 130 Å². The molecule has 0 aliphatic carbocycles. The lowest BCUT2D eigenvalue weighted by molar-refractivity contribution is -0.385. The molecule has 0 spiro atoms. The molecule has 0 saturated heterocycles. The van der Waals surface area contributed by atoms with Crippen molar-refractivity contribution in [2.24, 2.45) is 0 Å². The zero-order valence-corrected chi connectivity index (χ0v) is 13.2. The van der Waals surface area contributed by atoms with E-state index in [1.54, 1.807) is 18.3 Å². The number of nitro groups is 1. The van der Waals surface area contributed by atoms with Crippen LogP contribution in [0.15, 0.2) is 34.9 Å². The summed E-state index contributed by atoms with van der Waals surface area (Å²) in [6, 6.07) is 6.60. The average Bonchev–Trinajstić information content (AvgIpc) is 2.43. The van der Waals surface area contributed by atoms with E-state index in [0.717, 1.165) is 11.1 Å². The monoisotopic (exact) mass is 351 g/mol. The first-order valence-electron chi connectivity index (χ1n) is 6.23. The third kappa shape index (κ3) is 3.56. The van der Waals surface area contributed by atoms with Crippen LogP contribution in [0.2, 0.25) is 0 Å². The van der Waals surface area contributed by atoms with Crippen molar-refractivity contribution < 1.29 is 9.66 Å². The number of hydrogen-bond donors (Lipinski definition) is 1. The van der Waals surface area contributed by atoms with Crippen LogP contribution in [0.5, 0.6) is 11.6 Å². The molecule has 1 aromatic carbocycles. The first-order chi connectivity index (χ1) is 10.0. The third-order valence-corrected chi connectivity index (χ3v) is 3.43. The van der Waals surface area contributed by atoms with E-state index in [2.05, 4.69) is 26.2 Å². The Kier molecular flexibility index (Phi) is 4.87. The highest BCUT2D eigenvalue weighted by molar-refractivity contribution is 9.10. The largest absolute Gasteiger partial charge is 0.430 e. The van der Waals surface area contributed by atoms with Crippen LogP contribution in [0.3, 0.4) is 0 Å². The smallest absolute Gasteiger partial charge is 0.312 e. The molecule has 0 atom stereocenters. The van der Waals surface area contributed by atoms with Gasteiger partial charge in [0.15, 0.2) is 0 Å². The maximum atomic E-state index is 11.1. The van der Waals surface area contributed by atoms with Crippen LogP contribution < -0.4 is 10.1 Å². The summed E-state index contributed by atoms with van der Waals surface area (Å²) in [7, 11) is 1.85. The van der Waals surface area contributed by atoms with Crippen LogP contribution in [0.1, 0.15) is 11.1 Å². The number of benzene rings is 1. The van der Waals surface area contributed by atoms with Gasteiger partial charge in [0.1, 0.15) is 0 Å². The summed E-state index contributed by atoms with van der Waals surface area (Å²) in [5.41, 5.74) is 1.72. The quantitative estimate of drug-likeness (QED) is 0.658. The summed E-state index contributed by atoms with van der Waals surface area (Å²) < 4.78 is 6.16. The Hall–Kier alpha value is -1.99. The molecular weight excluding hydrogens is 338 g/mol. The molecule has 7 heteroatoms. The first-order valence-corrected chi connectivity index (χ1v) is 7.03. The molecule has 0 aliphatic rings. The Bertz CT molecular complexity index is 677. The van der Waals surface area contributed by atoms with Gasteiger partial charge in [-0.3, -0.25) is 10.1 Å². The van der Waals surface area contributed by atoms with Crippen LogP contribution in [0.25, 0.3) is 0 Å². The minimum atomic E-state index is -0.481. The summed E-state index contributed by atoms with van der Waals surface area (Å²) in [6.07, 6.45) is 1.68. The molecular formula is C14H14BrN3O3. The van der Waals surface area contributed by atoms with Crippen molar-refractivity contribution in [3.63, 3.8) is 0 Å². The lowest BCUT2D eigenvalue weighted by Crippen LogP contribution is -2.06. The van der Waals surface area contributed by atoms with E-state index in [0.29, 0.717) is 16.9 Å². The molecule has 1 aromatic heterocycles. The zero-order valence-electron chi connectivity index (χ0n) is 11.6. The van der Waals surface area contributed by atoms with E-state index < -0.39 is 4.92 Å². The van der Waals surface area contributed by atoms with Gasteiger partial charge in [-0.25, -0.2) is 4.98 Å². The highest BCUT2D eigenvalue weighted by Gasteiger charge is 2.20. The van der Waals surface area contributed by atoms with Crippen LogP contribution in [0, 0.1) is 17.0 Å². The molecule has 110 valence electrons. The number of aromatic nitrogens is 1. The molecule has 0 amide bonds. The molecule has 1 N–H and O–H groups in total. The van der Waals surface area contributed by atoms with Crippen molar-refractivity contribution in [1.82, 2.24) is 10.3 Å². The molecule has 21 heavy (non-hydrogen) atoms. The van der Waals surface area contributed by atoms with Crippen LogP contribution in [-0.2, 0) is 6.54 Å². The zero-order chi connectivity index (χ0) is 15.4. The predicted molar refractivity (Wildman–Crippen MR) is 82.6 cm³/mol. The maximum absolute atomic E-state index is 11.1. The van der Waals surface area contributed by atoms with Crippen molar-refractivity contribution in [3.8, 4) is 11.6 Å². The molecule has 0 radical (unpaired) electrons. The summed E-state index contributed by atoms with van der Waals surface area (Å²) in [5, 5.41) is 14.1. The predicted octanol–water partition coefficient (Wildman–Crippen LogP) is 3.57. The van der Waals surface area contributed by atoms with Gasteiger partial charge >= 0.3 is 5.69 Å². The summed E-state index contributed by atoms with van der Waals surface area (Å²) in [4.78, 5) is 14.8. The summed E-state index contributed by atoms with van der Waals surface area (Å²) in [5.74, 6) is 0.504. The van der Waals surface area contributed by atoms with Crippen molar-refractivity contribution >= 4 is 21.6 Å². The molecule has 2 aromatic rings. The van der Waals surface area contributed by atoms with E-state index in [4.69, 9.17) is 4.74 Å². The lowest BCUT2D eigenvalue weighted by Gasteiger charge is -2.10. The topological polar surface area (TPSA) is 77.3 Å². The van der Waals surface area contributed by atoms with Gasteiger partial charge < -0.3 is 10.1 Å². The number of halogens is 1. The third-order valence-electron chi connectivity index (χ3n) is 2.81. The number of hydrogen-bond acceptors (Lipinski definition) is 5. The average molecular weight is 352 g/mol. The Morgan fingerprint density at radius 1 is 1.48 bits per heavy atom. The molecule has 0 unspecified atom stereocenters. The van der Waals surface area contributed by atoms with Gasteiger partial charge in [0.25, 0.3) is 0 Å². The van der Waals surface area contributed by atoms with Gasteiger partial charge in [0.2, 0.25) is 11.6 Å². The van der Waals surface area contributed by atoms with Crippen molar-refractivity contribution in [1.29, 1.82) is 0 Å². The van der Waals surface area contributed by atoms with Gasteiger partial charge in [-0.1, -0.05) is 6.07 Å². The number of nitro benzene ring substituents is 1. The number of para-hydroxylation sites is 1. The normalized spacial score (nSPS) is 10.4. The summed E-state index contributed by atoms with van der Waals surface area (Å²) >= 11 is 3.27. The standard InChI is InChI=1S/C14H14BrN3O3/c1-9-6-10(7-16-2)8-17-14(9)21-13-11(15)4-3-5-12(13)18(19)20/h3-6,8,16H,7H2,1-2H3. The second-order valence-corrected chi connectivity index (χ2v) is 5.30. The first kappa shape index (κ1) is 15.4. The summed E-state index contributed by atoms with van der Waals surface area (Å²) in [6.45, 7) is 2.55. The number of nitrogens with one attached hydrogen (secondary N) is 1. The van der Waals surface area contributed by atoms with Crippen molar-refractivity contribution in [2.75, 3.05) is 7.05 Å². The Morgan fingerprint density at radius 2 is 2.24 bits per heavy atom. The Balaban J connectivity index is 2.37. The number of pyridine rings is 1. The van der Waals surface area contributed by atoms with Gasteiger partial charge in [0, 0.05) is 24.4 Å². The number of nitrogens with zero attached hydrogens (tertiary/aromatic N) is 2. The molecule has 6 nitrogen and oxygen atoms in total. The lowest BCUT2D eigenvalue weighted by atomic mass is 10.2. The van der Waals surface area contributed by atoms with Crippen LogP contribution in [0.4, 0.5) is 5.69 Å². The fourth-order valence-corrected chi connectivity index (χ4v) is 2.30. The SMILES string of the molecule is CNCc1cnc(Oc2c(Br)cccc2[N+](=O)[O-])c(C)c1. The van der Waals surface area contributed by atoms with Crippen molar-refractivity contribution in [3.05, 3.63) is 56.2 Å². The number of rotatable bonds is 5. The molecule has 0 aliphatic heterocycles. The minimum Gasteiger partial charge on any atom is -0.430 e. The highest BCUT2D eigenvalue weighted by Crippen LogP contribution is 2.38. The molecule has 2 rings (SSSR count). The Morgan fingerprint density at radius 3 is 2.86 bits per heavy atom. The van der Waals surface area contributed by atoms with Gasteiger partial charge in [-0.15, -0.1) is 0 Å². The van der Waals surface area contributed by atoms with E-state index >= 15 is 0 Å². The van der Waals surface area contributed by atoms with Gasteiger partial charge in [-0.05, 0) is 47.6 Å². The number of aryl methyl sites for hydroxylation is 1. The van der Waals surface area contributed by atoms with E-state index in [-0.39, 0.29) is 11.4 Å². The van der Waals surface area contributed by atoms with E-state index in [9.17, 15) is 10.1 Å². The minimum absolute atomic E-state index is 0.107. The second-order valence-electron chi connectivity index (χ2n) is 4.44. The maximum Gasteiger partial charge on any atom is 0.312 e. The van der Waals surface area contributed by atoms with Crippen LogP contribution in [-0.4, -0.2) is 17.0 Å². The van der Waals surface area contributed by atoms with Gasteiger partial charge in [0.05, 0.1) is 9.40 Å². The number of ether oxygens (including phenoxy) is 1. The van der Waals surface area contributed by atoms with E-state index in [1.165, 1.54) is 6.07 Å². The molecule has 0 fully saturated rings. The highest BCUT2D eigenvalue weighted by atomic mass is 79.9. The van der Waals surface area contributed by atoms with E-state index in [1.807, 2.05) is 20.0 Å². The van der Waals surface area contributed by atoms with Crippen molar-refractivity contribution in [2.45, 2.75) is 13.5 Å². The molecule has 0 bridgehead atoms. The fourth-order valence-electron chi connectivity index (χ4n) is 1.87. The molecule has 1 heterocycles. The van der Waals surface area contributed by atoms with Crippen LogP contribution >= 0.6 is 15.9 Å². The van der Waals surface area contributed by atoms with Gasteiger partial charge in [-0.2, -0.15) is 0 Å². The molecule has 0 saturated carbocycles. The second kappa shape index (κ2) is 6.64.